The molecule has 1 fully saturated rings. The molecule has 0 spiro atoms. The van der Waals surface area contributed by atoms with Crippen LogP contribution in [-0.2, 0) is 30.3 Å². The first kappa shape index (κ1) is 24.1. The molecule has 1 saturated carbocycles. The van der Waals surface area contributed by atoms with Crippen molar-refractivity contribution in [2.45, 2.75) is 79.4 Å². The molecule has 1 heterocycles. The van der Waals surface area contributed by atoms with Crippen LogP contribution in [-0.4, -0.2) is 29.1 Å². The maximum atomic E-state index is 12.9. The number of aryl methyl sites for hydroxylation is 1. The SMILES string of the molecule is C/C=C(\C)C(=O)O[C@H]1CC[C@@H]2Cc3occ(C)c3[C@@H](OC(=O)C(C)CC)[C@]2(C)[C@H]1C(=O)O. The minimum Gasteiger partial charge on any atom is -0.481 e. The fourth-order valence-electron chi connectivity index (χ4n) is 5.23. The fraction of sp³-hybridized carbons (Fsp3) is 0.640. The Balaban J connectivity index is 2.08. The second-order valence-electron chi connectivity index (χ2n) is 9.46. The molecule has 6 atom stereocenters. The molecule has 7 nitrogen and oxygen atoms in total. The Hall–Kier alpha value is -2.57. The highest BCUT2D eigenvalue weighted by molar-refractivity contribution is 5.88. The van der Waals surface area contributed by atoms with Crippen molar-refractivity contribution >= 4 is 17.9 Å². The lowest BCUT2D eigenvalue weighted by Crippen LogP contribution is -2.57. The van der Waals surface area contributed by atoms with Crippen molar-refractivity contribution in [3.8, 4) is 0 Å². The van der Waals surface area contributed by atoms with Gasteiger partial charge in [0.1, 0.15) is 23.9 Å². The first-order valence-corrected chi connectivity index (χ1v) is 11.4. The molecule has 2 aliphatic rings. The number of ether oxygens (including phenoxy) is 2. The third-order valence-electron chi connectivity index (χ3n) is 7.61. The average molecular weight is 447 g/mol. The largest absolute Gasteiger partial charge is 0.481 e. The number of hydrogen-bond acceptors (Lipinski definition) is 6. The van der Waals surface area contributed by atoms with Crippen LogP contribution in [0.2, 0.25) is 0 Å². The van der Waals surface area contributed by atoms with E-state index in [1.54, 1.807) is 33.1 Å². The molecule has 1 aromatic rings. The lowest BCUT2D eigenvalue weighted by atomic mass is 9.53. The summed E-state index contributed by atoms with van der Waals surface area (Å²) in [6.07, 6.45) is 3.94. The highest BCUT2D eigenvalue weighted by atomic mass is 16.6. The van der Waals surface area contributed by atoms with E-state index in [9.17, 15) is 19.5 Å². The molecule has 2 aliphatic carbocycles. The molecule has 1 N–H and O–H groups in total. The van der Waals surface area contributed by atoms with Crippen LogP contribution in [0.5, 0.6) is 0 Å². The summed E-state index contributed by atoms with van der Waals surface area (Å²) >= 11 is 0. The molecule has 0 aliphatic heterocycles. The summed E-state index contributed by atoms with van der Waals surface area (Å²) in [5.74, 6) is -2.61. The zero-order chi connectivity index (χ0) is 23.8. The standard InChI is InChI=1S/C25H34O7/c1-7-13(3)23(28)31-17-10-9-16-11-18-19(15(5)12-30-18)21(32-24(29)14(4)8-2)25(16,6)20(17)22(26)27/h7,12,14,16-17,20-21H,8-11H2,1-6H3,(H,26,27)/b13-7+/t14?,16-,17+,20-,21-,25+/m1/s1. The van der Waals surface area contributed by atoms with Crippen LogP contribution < -0.4 is 0 Å². The maximum Gasteiger partial charge on any atom is 0.333 e. The maximum absolute atomic E-state index is 12.9. The van der Waals surface area contributed by atoms with Crippen molar-refractivity contribution in [2.75, 3.05) is 0 Å². The highest BCUT2D eigenvalue weighted by Gasteiger charge is 2.62. The van der Waals surface area contributed by atoms with Crippen molar-refractivity contribution < 1.29 is 33.4 Å². The molecular formula is C25H34O7. The third kappa shape index (κ3) is 3.97. The average Bonchev–Trinajstić information content (AvgIpc) is 3.12. The summed E-state index contributed by atoms with van der Waals surface area (Å²) in [6, 6.07) is 0. The summed E-state index contributed by atoms with van der Waals surface area (Å²) < 4.78 is 17.6. The predicted molar refractivity (Wildman–Crippen MR) is 117 cm³/mol. The molecule has 32 heavy (non-hydrogen) atoms. The third-order valence-corrected chi connectivity index (χ3v) is 7.61. The number of aliphatic carboxylic acids is 1. The Bertz CT molecular complexity index is 927. The van der Waals surface area contributed by atoms with E-state index in [2.05, 4.69) is 0 Å². The Kier molecular flexibility index (Phi) is 6.86. The number of allylic oxidation sites excluding steroid dienone is 1. The number of fused-ring (bicyclic) bond motifs is 2. The molecular weight excluding hydrogens is 412 g/mol. The topological polar surface area (TPSA) is 103 Å². The minimum atomic E-state index is -1.05. The Morgan fingerprint density at radius 1 is 1.31 bits per heavy atom. The Morgan fingerprint density at radius 3 is 2.59 bits per heavy atom. The monoisotopic (exact) mass is 446 g/mol. The van der Waals surface area contributed by atoms with E-state index in [1.807, 2.05) is 20.8 Å². The van der Waals surface area contributed by atoms with Crippen molar-refractivity contribution in [2.24, 2.45) is 23.2 Å². The van der Waals surface area contributed by atoms with Crippen molar-refractivity contribution in [1.82, 2.24) is 0 Å². The summed E-state index contributed by atoms with van der Waals surface area (Å²) in [5, 5.41) is 10.3. The van der Waals surface area contributed by atoms with E-state index in [0.29, 0.717) is 31.3 Å². The summed E-state index contributed by atoms with van der Waals surface area (Å²) in [7, 11) is 0. The van der Waals surface area contributed by atoms with Gasteiger partial charge in [-0.25, -0.2) is 4.79 Å². The molecule has 7 heteroatoms. The molecule has 176 valence electrons. The smallest absolute Gasteiger partial charge is 0.333 e. The number of carboxylic acid groups (broad SMARTS) is 1. The van der Waals surface area contributed by atoms with E-state index in [1.165, 1.54) is 0 Å². The number of carbonyl (C=O) groups is 3. The normalized spacial score (nSPS) is 30.6. The highest BCUT2D eigenvalue weighted by Crippen LogP contribution is 2.60. The summed E-state index contributed by atoms with van der Waals surface area (Å²) in [6.45, 7) is 10.8. The Morgan fingerprint density at radius 2 is 2.00 bits per heavy atom. The van der Waals surface area contributed by atoms with Gasteiger partial charge in [-0.3, -0.25) is 9.59 Å². The number of esters is 2. The van der Waals surface area contributed by atoms with Gasteiger partial charge in [-0.05, 0) is 51.5 Å². The fourth-order valence-corrected chi connectivity index (χ4v) is 5.23. The number of rotatable bonds is 6. The van der Waals surface area contributed by atoms with Crippen molar-refractivity contribution in [3.05, 3.63) is 34.8 Å². The van der Waals surface area contributed by atoms with E-state index in [0.717, 1.165) is 16.9 Å². The van der Waals surface area contributed by atoms with Gasteiger partial charge in [-0.2, -0.15) is 0 Å². The van der Waals surface area contributed by atoms with Gasteiger partial charge in [0.2, 0.25) is 0 Å². The van der Waals surface area contributed by atoms with Crippen LogP contribution >= 0.6 is 0 Å². The van der Waals surface area contributed by atoms with Crippen LogP contribution in [0.4, 0.5) is 0 Å². The van der Waals surface area contributed by atoms with Gasteiger partial charge in [0.05, 0.1) is 12.2 Å². The van der Waals surface area contributed by atoms with Gasteiger partial charge in [0, 0.05) is 23.0 Å². The zero-order valence-electron chi connectivity index (χ0n) is 19.8. The van der Waals surface area contributed by atoms with E-state index < -0.39 is 35.5 Å². The second-order valence-corrected chi connectivity index (χ2v) is 9.46. The van der Waals surface area contributed by atoms with E-state index >= 15 is 0 Å². The zero-order valence-corrected chi connectivity index (χ0v) is 19.8. The van der Waals surface area contributed by atoms with Crippen LogP contribution in [0, 0.1) is 30.1 Å². The lowest BCUT2D eigenvalue weighted by molar-refractivity contribution is -0.200. The molecule has 0 bridgehead atoms. The number of hydrogen-bond donors (Lipinski definition) is 1. The predicted octanol–water partition coefficient (Wildman–Crippen LogP) is 4.77. The van der Waals surface area contributed by atoms with Crippen LogP contribution in [0.1, 0.15) is 76.9 Å². The van der Waals surface area contributed by atoms with Crippen molar-refractivity contribution in [3.63, 3.8) is 0 Å². The summed E-state index contributed by atoms with van der Waals surface area (Å²) in [5.41, 5.74) is 1.06. The Labute approximate surface area is 189 Å². The van der Waals surface area contributed by atoms with Gasteiger partial charge < -0.3 is 19.0 Å². The molecule has 0 radical (unpaired) electrons. The van der Waals surface area contributed by atoms with Crippen LogP contribution in [0.3, 0.4) is 0 Å². The molecule has 0 saturated heterocycles. The van der Waals surface area contributed by atoms with E-state index in [-0.39, 0.29) is 17.8 Å². The van der Waals surface area contributed by atoms with Gasteiger partial charge in [0.25, 0.3) is 0 Å². The van der Waals surface area contributed by atoms with Crippen LogP contribution in [0.15, 0.2) is 22.3 Å². The first-order chi connectivity index (χ1) is 15.1. The summed E-state index contributed by atoms with van der Waals surface area (Å²) in [4.78, 5) is 38.0. The molecule has 1 unspecified atom stereocenters. The first-order valence-electron chi connectivity index (χ1n) is 11.4. The van der Waals surface area contributed by atoms with Gasteiger partial charge in [-0.15, -0.1) is 0 Å². The quantitative estimate of drug-likeness (QED) is 0.496. The lowest BCUT2D eigenvalue weighted by Gasteiger charge is -2.54. The molecule has 0 aromatic carbocycles. The minimum absolute atomic E-state index is 0.0888. The van der Waals surface area contributed by atoms with Gasteiger partial charge in [-0.1, -0.05) is 26.8 Å². The van der Waals surface area contributed by atoms with Crippen molar-refractivity contribution in [1.29, 1.82) is 0 Å². The molecule has 0 amide bonds. The number of furan rings is 1. The second kappa shape index (κ2) is 9.12. The molecule has 3 rings (SSSR count). The van der Waals surface area contributed by atoms with Gasteiger partial charge in [0.15, 0.2) is 0 Å². The van der Waals surface area contributed by atoms with Gasteiger partial charge >= 0.3 is 17.9 Å². The van der Waals surface area contributed by atoms with E-state index in [4.69, 9.17) is 13.9 Å². The molecule has 1 aromatic heterocycles. The number of carboxylic acids is 1. The van der Waals surface area contributed by atoms with Crippen LogP contribution in [0.25, 0.3) is 0 Å². The number of carbonyl (C=O) groups excluding carboxylic acids is 2.